The van der Waals surface area contributed by atoms with Gasteiger partial charge in [-0.15, -0.1) is 11.3 Å². The van der Waals surface area contributed by atoms with Crippen molar-refractivity contribution in [2.24, 2.45) is 0 Å². The Hall–Kier alpha value is -1.40. The first-order valence-electron chi connectivity index (χ1n) is 5.07. The summed E-state index contributed by atoms with van der Waals surface area (Å²) in [5.41, 5.74) is 0.772. The summed E-state index contributed by atoms with van der Waals surface area (Å²) in [7, 11) is 0. The fraction of sp³-hybridized carbons (Fsp3) is 0.0833. The van der Waals surface area contributed by atoms with Crippen LogP contribution in [0.3, 0.4) is 0 Å². The van der Waals surface area contributed by atoms with E-state index in [-0.39, 0.29) is 5.82 Å². The van der Waals surface area contributed by atoms with Crippen molar-refractivity contribution in [3.63, 3.8) is 0 Å². The lowest BCUT2D eigenvalue weighted by Crippen LogP contribution is -1.97. The Morgan fingerprint density at radius 3 is 2.78 bits per heavy atom. The summed E-state index contributed by atoms with van der Waals surface area (Å²) in [6, 6.07) is 7.97. The number of rotatable bonds is 4. The van der Waals surface area contributed by atoms with Crippen LogP contribution in [0.1, 0.15) is 14.5 Å². The Kier molecular flexibility index (Phi) is 3.98. The van der Waals surface area contributed by atoms with E-state index in [1.165, 1.54) is 17.4 Å². The number of carbonyl (C=O) groups is 1. The molecular weight excluding hydrogens is 321 g/mol. The summed E-state index contributed by atoms with van der Waals surface area (Å²) in [5.74, 6) is -1.24. The van der Waals surface area contributed by atoms with Crippen LogP contribution in [0.15, 0.2) is 34.8 Å². The van der Waals surface area contributed by atoms with Gasteiger partial charge in [-0.05, 0) is 46.3 Å². The highest BCUT2D eigenvalue weighted by Crippen LogP contribution is 2.22. The van der Waals surface area contributed by atoms with Gasteiger partial charge in [0.05, 0.1) is 4.47 Å². The van der Waals surface area contributed by atoms with E-state index in [1.807, 2.05) is 0 Å². The topological polar surface area (TPSA) is 49.3 Å². The molecule has 0 saturated heterocycles. The quantitative estimate of drug-likeness (QED) is 0.892. The lowest BCUT2D eigenvalue weighted by molar-refractivity contribution is 0.0702. The minimum absolute atomic E-state index is 0.312. The van der Waals surface area contributed by atoms with Crippen molar-refractivity contribution in [3.8, 4) is 0 Å². The Balaban J connectivity index is 2.02. The zero-order valence-corrected chi connectivity index (χ0v) is 11.5. The molecule has 1 aromatic carbocycles. The third-order valence-electron chi connectivity index (χ3n) is 2.26. The maximum absolute atomic E-state index is 13.0. The van der Waals surface area contributed by atoms with Crippen LogP contribution in [0.5, 0.6) is 0 Å². The Morgan fingerprint density at radius 1 is 1.39 bits per heavy atom. The normalized spacial score (nSPS) is 10.3. The fourth-order valence-electron chi connectivity index (χ4n) is 1.38. The molecule has 94 valence electrons. The van der Waals surface area contributed by atoms with E-state index in [9.17, 15) is 9.18 Å². The molecule has 0 aliphatic carbocycles. The number of aromatic carboxylic acids is 1. The summed E-state index contributed by atoms with van der Waals surface area (Å²) in [6.45, 7) is 0.510. The van der Waals surface area contributed by atoms with Crippen LogP contribution in [0.4, 0.5) is 10.1 Å². The minimum Gasteiger partial charge on any atom is -0.477 e. The predicted molar refractivity (Wildman–Crippen MR) is 72.7 cm³/mol. The standard InChI is InChI=1S/C12H9BrFNO2S/c13-9-5-7(1-3-10(9)14)15-6-8-2-4-11(18-8)12(16)17/h1-5,15H,6H2,(H,16,17). The number of hydrogen-bond donors (Lipinski definition) is 2. The number of benzene rings is 1. The molecule has 0 aliphatic heterocycles. The average Bonchev–Trinajstić information content (AvgIpc) is 2.79. The lowest BCUT2D eigenvalue weighted by atomic mass is 10.3. The average molecular weight is 330 g/mol. The monoisotopic (exact) mass is 329 g/mol. The summed E-state index contributed by atoms with van der Waals surface area (Å²) in [4.78, 5) is 11.9. The number of anilines is 1. The molecule has 0 saturated carbocycles. The molecule has 1 heterocycles. The van der Waals surface area contributed by atoms with Crippen molar-refractivity contribution in [2.75, 3.05) is 5.32 Å². The number of halogens is 2. The third kappa shape index (κ3) is 3.08. The highest BCUT2D eigenvalue weighted by atomic mass is 79.9. The van der Waals surface area contributed by atoms with E-state index in [0.29, 0.717) is 15.9 Å². The summed E-state index contributed by atoms with van der Waals surface area (Å²) < 4.78 is 13.4. The van der Waals surface area contributed by atoms with Gasteiger partial charge in [-0.2, -0.15) is 0 Å². The number of hydrogen-bond acceptors (Lipinski definition) is 3. The molecule has 2 N–H and O–H groups in total. The fourth-order valence-corrected chi connectivity index (χ4v) is 2.55. The zero-order valence-electron chi connectivity index (χ0n) is 9.11. The highest BCUT2D eigenvalue weighted by Gasteiger charge is 2.07. The van der Waals surface area contributed by atoms with Crippen LogP contribution in [-0.4, -0.2) is 11.1 Å². The van der Waals surface area contributed by atoms with Crippen LogP contribution in [0.25, 0.3) is 0 Å². The smallest absolute Gasteiger partial charge is 0.345 e. The molecule has 0 unspecified atom stereocenters. The maximum Gasteiger partial charge on any atom is 0.345 e. The van der Waals surface area contributed by atoms with Gasteiger partial charge < -0.3 is 10.4 Å². The molecule has 2 rings (SSSR count). The van der Waals surface area contributed by atoms with Crippen LogP contribution in [0.2, 0.25) is 0 Å². The molecular formula is C12H9BrFNO2S. The second-order valence-electron chi connectivity index (χ2n) is 3.55. The first-order chi connectivity index (χ1) is 8.56. The molecule has 3 nitrogen and oxygen atoms in total. The van der Waals surface area contributed by atoms with Crippen LogP contribution in [-0.2, 0) is 6.54 Å². The Labute approximate surface area is 115 Å². The summed E-state index contributed by atoms with van der Waals surface area (Å²) >= 11 is 4.33. The van der Waals surface area contributed by atoms with E-state index >= 15 is 0 Å². The van der Waals surface area contributed by atoms with Crippen molar-refractivity contribution < 1.29 is 14.3 Å². The molecule has 1 aromatic heterocycles. The molecule has 0 aliphatic rings. The molecule has 0 atom stereocenters. The van der Waals surface area contributed by atoms with E-state index in [0.717, 1.165) is 10.6 Å². The van der Waals surface area contributed by atoms with E-state index < -0.39 is 5.97 Å². The van der Waals surface area contributed by atoms with Crippen molar-refractivity contribution in [1.29, 1.82) is 0 Å². The largest absolute Gasteiger partial charge is 0.477 e. The van der Waals surface area contributed by atoms with E-state index in [2.05, 4.69) is 21.2 Å². The second kappa shape index (κ2) is 5.49. The molecule has 2 aromatic rings. The Bertz CT molecular complexity index is 585. The number of thiophene rings is 1. The summed E-state index contributed by atoms with van der Waals surface area (Å²) in [5, 5.41) is 11.9. The van der Waals surface area contributed by atoms with Gasteiger partial charge in [0.2, 0.25) is 0 Å². The SMILES string of the molecule is O=C(O)c1ccc(CNc2ccc(F)c(Br)c2)s1. The molecule has 6 heteroatoms. The number of carboxylic acid groups (broad SMARTS) is 1. The molecule has 0 bridgehead atoms. The summed E-state index contributed by atoms with van der Waals surface area (Å²) in [6.07, 6.45) is 0. The molecule has 18 heavy (non-hydrogen) atoms. The van der Waals surface area contributed by atoms with Gasteiger partial charge in [-0.25, -0.2) is 9.18 Å². The van der Waals surface area contributed by atoms with Gasteiger partial charge in [0.1, 0.15) is 10.7 Å². The second-order valence-corrected chi connectivity index (χ2v) is 5.58. The first-order valence-corrected chi connectivity index (χ1v) is 6.68. The van der Waals surface area contributed by atoms with Crippen molar-refractivity contribution in [2.45, 2.75) is 6.54 Å². The lowest BCUT2D eigenvalue weighted by Gasteiger charge is -2.05. The predicted octanol–water partition coefficient (Wildman–Crippen LogP) is 3.96. The van der Waals surface area contributed by atoms with E-state index in [4.69, 9.17) is 5.11 Å². The van der Waals surface area contributed by atoms with Crippen molar-refractivity contribution in [1.82, 2.24) is 0 Å². The molecule has 0 radical (unpaired) electrons. The third-order valence-corrected chi connectivity index (χ3v) is 3.94. The molecule has 0 fully saturated rings. The van der Waals surface area contributed by atoms with Crippen LogP contribution < -0.4 is 5.32 Å². The van der Waals surface area contributed by atoms with Gasteiger partial charge in [-0.3, -0.25) is 0 Å². The van der Waals surface area contributed by atoms with Gasteiger partial charge in [0.25, 0.3) is 0 Å². The van der Waals surface area contributed by atoms with Crippen LogP contribution >= 0.6 is 27.3 Å². The van der Waals surface area contributed by atoms with Gasteiger partial charge in [0.15, 0.2) is 0 Å². The van der Waals surface area contributed by atoms with Gasteiger partial charge >= 0.3 is 5.97 Å². The minimum atomic E-state index is -0.921. The van der Waals surface area contributed by atoms with Crippen molar-refractivity contribution in [3.05, 3.63) is 50.4 Å². The molecule has 0 amide bonds. The highest BCUT2D eigenvalue weighted by molar-refractivity contribution is 9.10. The van der Waals surface area contributed by atoms with Crippen molar-refractivity contribution >= 4 is 38.9 Å². The van der Waals surface area contributed by atoms with Gasteiger partial charge in [0, 0.05) is 17.1 Å². The number of nitrogens with one attached hydrogen (secondary N) is 1. The maximum atomic E-state index is 13.0. The Morgan fingerprint density at radius 2 is 2.17 bits per heavy atom. The van der Waals surface area contributed by atoms with Gasteiger partial charge in [-0.1, -0.05) is 0 Å². The van der Waals surface area contributed by atoms with Crippen LogP contribution in [0, 0.1) is 5.82 Å². The van der Waals surface area contributed by atoms with E-state index in [1.54, 1.807) is 24.3 Å². The molecule has 0 spiro atoms. The zero-order chi connectivity index (χ0) is 13.1. The first kappa shape index (κ1) is 13.0. The number of carboxylic acids is 1.